The third-order valence-electron chi connectivity index (χ3n) is 2.63. The summed E-state index contributed by atoms with van der Waals surface area (Å²) in [6.45, 7) is 3.90. The Bertz CT molecular complexity index is 368. The van der Waals surface area contributed by atoms with Crippen molar-refractivity contribution >= 4 is 0 Å². The molecule has 0 radical (unpaired) electrons. The summed E-state index contributed by atoms with van der Waals surface area (Å²) in [5, 5.41) is 3.17. The first kappa shape index (κ1) is 11.2. The van der Waals surface area contributed by atoms with E-state index in [1.54, 1.807) is 0 Å². The molecule has 0 bridgehead atoms. The lowest BCUT2D eigenvalue weighted by Crippen LogP contribution is -2.34. The normalized spacial score (nSPS) is 13.1. The number of hydrazine groups is 1. The predicted octanol–water partition coefficient (Wildman–Crippen LogP) is 0.277. The van der Waals surface area contributed by atoms with Crippen molar-refractivity contribution in [3.05, 3.63) is 23.3 Å². The molecule has 1 aromatic rings. The molecule has 1 heterocycles. The van der Waals surface area contributed by atoms with Crippen LogP contribution < -0.4 is 26.1 Å². The van der Waals surface area contributed by atoms with Gasteiger partial charge in [0.15, 0.2) is 11.5 Å². The third kappa shape index (κ3) is 2.44. The lowest BCUT2D eigenvalue weighted by Gasteiger charge is -2.08. The largest absolute Gasteiger partial charge is 0.454 e. The maximum absolute atomic E-state index is 5.35. The molecule has 4 N–H and O–H groups in total. The topological polar surface area (TPSA) is 68.5 Å². The summed E-state index contributed by atoms with van der Waals surface area (Å²) in [6.07, 6.45) is 0.949. The van der Waals surface area contributed by atoms with E-state index >= 15 is 0 Å². The van der Waals surface area contributed by atoms with Crippen LogP contribution in [0.15, 0.2) is 12.1 Å². The standard InChI is InChI=1S/C11H17N3O2/c1-8-4-10-11(16-7-15-10)5-9(8)2-3-13-6-14-12/h4-5,13-14H,2-3,6-7,12H2,1H3. The van der Waals surface area contributed by atoms with Gasteiger partial charge >= 0.3 is 0 Å². The number of rotatable bonds is 5. The van der Waals surface area contributed by atoms with Crippen LogP contribution in [0.1, 0.15) is 11.1 Å². The first-order valence-corrected chi connectivity index (χ1v) is 5.34. The van der Waals surface area contributed by atoms with Crippen molar-refractivity contribution in [2.45, 2.75) is 13.3 Å². The van der Waals surface area contributed by atoms with Crippen LogP contribution in [0.25, 0.3) is 0 Å². The molecule has 1 aliphatic heterocycles. The summed E-state index contributed by atoms with van der Waals surface area (Å²) in [5.74, 6) is 6.85. The van der Waals surface area contributed by atoms with Crippen molar-refractivity contribution in [1.29, 1.82) is 0 Å². The van der Waals surface area contributed by atoms with Crippen LogP contribution in [0.3, 0.4) is 0 Å². The number of hydrogen-bond donors (Lipinski definition) is 3. The second-order valence-corrected chi connectivity index (χ2v) is 3.76. The van der Waals surface area contributed by atoms with Gasteiger partial charge in [0.05, 0.1) is 6.67 Å². The molecule has 5 heteroatoms. The monoisotopic (exact) mass is 223 g/mol. The van der Waals surface area contributed by atoms with Gasteiger partial charge in [0.1, 0.15) is 0 Å². The Morgan fingerprint density at radius 2 is 2.06 bits per heavy atom. The van der Waals surface area contributed by atoms with E-state index in [1.807, 2.05) is 6.07 Å². The molecule has 0 spiro atoms. The highest BCUT2D eigenvalue weighted by Crippen LogP contribution is 2.34. The van der Waals surface area contributed by atoms with Crippen LogP contribution in [0.4, 0.5) is 0 Å². The minimum Gasteiger partial charge on any atom is -0.454 e. The van der Waals surface area contributed by atoms with Gasteiger partial charge in [-0.2, -0.15) is 0 Å². The van der Waals surface area contributed by atoms with Gasteiger partial charge in [-0.05, 0) is 36.6 Å². The molecule has 88 valence electrons. The average molecular weight is 223 g/mol. The predicted molar refractivity (Wildman–Crippen MR) is 61.2 cm³/mol. The summed E-state index contributed by atoms with van der Waals surface area (Å²) in [6, 6.07) is 4.08. The number of aryl methyl sites for hydroxylation is 1. The number of nitrogens with two attached hydrogens (primary N) is 1. The molecular weight excluding hydrogens is 206 g/mol. The quantitative estimate of drug-likeness (QED) is 0.289. The Morgan fingerprint density at radius 3 is 2.81 bits per heavy atom. The second kappa shape index (κ2) is 5.16. The second-order valence-electron chi connectivity index (χ2n) is 3.76. The summed E-state index contributed by atoms with van der Waals surface area (Å²) in [5.41, 5.74) is 5.05. The molecule has 0 atom stereocenters. The lowest BCUT2D eigenvalue weighted by molar-refractivity contribution is 0.174. The zero-order valence-corrected chi connectivity index (χ0v) is 9.38. The molecule has 2 rings (SSSR count). The van der Waals surface area contributed by atoms with Crippen molar-refractivity contribution < 1.29 is 9.47 Å². The lowest BCUT2D eigenvalue weighted by atomic mass is 10.0. The van der Waals surface area contributed by atoms with Gasteiger partial charge in [0, 0.05) is 6.54 Å². The number of ether oxygens (including phenoxy) is 2. The Balaban J connectivity index is 1.98. The molecular formula is C11H17N3O2. The fourth-order valence-corrected chi connectivity index (χ4v) is 1.74. The molecule has 0 fully saturated rings. The zero-order chi connectivity index (χ0) is 11.4. The van der Waals surface area contributed by atoms with Crippen LogP contribution in [0.5, 0.6) is 11.5 Å². The number of benzene rings is 1. The summed E-state index contributed by atoms with van der Waals surface area (Å²) >= 11 is 0. The number of hydrogen-bond acceptors (Lipinski definition) is 5. The van der Waals surface area contributed by atoms with E-state index in [0.29, 0.717) is 13.5 Å². The van der Waals surface area contributed by atoms with Crippen molar-refractivity contribution in [3.8, 4) is 11.5 Å². The number of nitrogens with one attached hydrogen (secondary N) is 2. The van der Waals surface area contributed by atoms with Crippen molar-refractivity contribution in [1.82, 2.24) is 10.7 Å². The van der Waals surface area contributed by atoms with E-state index in [0.717, 1.165) is 24.5 Å². The van der Waals surface area contributed by atoms with Gasteiger partial charge in [-0.15, -0.1) is 0 Å². The highest BCUT2D eigenvalue weighted by atomic mass is 16.7. The molecule has 0 saturated carbocycles. The van der Waals surface area contributed by atoms with Crippen LogP contribution in [-0.4, -0.2) is 20.0 Å². The van der Waals surface area contributed by atoms with Crippen molar-refractivity contribution in [2.24, 2.45) is 5.84 Å². The highest BCUT2D eigenvalue weighted by Gasteiger charge is 2.15. The SMILES string of the molecule is Cc1cc2c(cc1CCNCNN)OCO2. The van der Waals surface area contributed by atoms with E-state index in [9.17, 15) is 0 Å². The first-order valence-electron chi connectivity index (χ1n) is 5.34. The summed E-state index contributed by atoms with van der Waals surface area (Å²) in [7, 11) is 0. The fourth-order valence-electron chi connectivity index (χ4n) is 1.74. The minimum absolute atomic E-state index is 0.327. The van der Waals surface area contributed by atoms with Crippen LogP contribution >= 0.6 is 0 Å². The van der Waals surface area contributed by atoms with Gasteiger partial charge in [0.25, 0.3) is 0 Å². The first-order chi connectivity index (χ1) is 7.81. The molecule has 1 aliphatic rings. The van der Waals surface area contributed by atoms with Gasteiger partial charge in [-0.25, -0.2) is 5.43 Å². The van der Waals surface area contributed by atoms with E-state index < -0.39 is 0 Å². The molecule has 16 heavy (non-hydrogen) atoms. The summed E-state index contributed by atoms with van der Waals surface area (Å²) < 4.78 is 10.7. The molecule has 1 aromatic carbocycles. The third-order valence-corrected chi connectivity index (χ3v) is 2.63. The molecule has 0 saturated heterocycles. The summed E-state index contributed by atoms with van der Waals surface area (Å²) in [4.78, 5) is 0. The fraction of sp³-hybridized carbons (Fsp3) is 0.455. The van der Waals surface area contributed by atoms with Gasteiger partial charge in [-0.1, -0.05) is 0 Å². The van der Waals surface area contributed by atoms with E-state index in [4.69, 9.17) is 15.3 Å². The zero-order valence-electron chi connectivity index (χ0n) is 9.38. The van der Waals surface area contributed by atoms with Crippen LogP contribution in [0.2, 0.25) is 0 Å². The Hall–Kier alpha value is -1.30. The highest BCUT2D eigenvalue weighted by molar-refractivity contribution is 5.48. The van der Waals surface area contributed by atoms with Crippen molar-refractivity contribution in [3.63, 3.8) is 0 Å². The maximum Gasteiger partial charge on any atom is 0.231 e. The van der Waals surface area contributed by atoms with E-state index in [-0.39, 0.29) is 0 Å². The Kier molecular flexibility index (Phi) is 3.61. The van der Waals surface area contributed by atoms with Gasteiger partial charge < -0.3 is 14.8 Å². The van der Waals surface area contributed by atoms with E-state index in [1.165, 1.54) is 11.1 Å². The Labute approximate surface area is 94.9 Å². The molecule has 0 amide bonds. The molecule has 0 aliphatic carbocycles. The van der Waals surface area contributed by atoms with E-state index in [2.05, 4.69) is 23.7 Å². The Morgan fingerprint density at radius 1 is 1.31 bits per heavy atom. The molecule has 0 aromatic heterocycles. The maximum atomic E-state index is 5.35. The van der Waals surface area contributed by atoms with Crippen LogP contribution in [-0.2, 0) is 6.42 Å². The molecule has 5 nitrogen and oxygen atoms in total. The minimum atomic E-state index is 0.327. The molecule has 0 unspecified atom stereocenters. The number of fused-ring (bicyclic) bond motifs is 1. The van der Waals surface area contributed by atoms with Gasteiger partial charge in [-0.3, -0.25) is 5.84 Å². The smallest absolute Gasteiger partial charge is 0.231 e. The average Bonchev–Trinajstić information content (AvgIpc) is 2.71. The van der Waals surface area contributed by atoms with Crippen molar-refractivity contribution in [2.75, 3.05) is 20.0 Å². The van der Waals surface area contributed by atoms with Gasteiger partial charge in [0.2, 0.25) is 6.79 Å². The van der Waals surface area contributed by atoms with Crippen LogP contribution in [0, 0.1) is 6.92 Å².